The van der Waals surface area contributed by atoms with Crippen LogP contribution in [0.1, 0.15) is 18.4 Å². The van der Waals surface area contributed by atoms with Crippen molar-refractivity contribution in [1.82, 2.24) is 4.90 Å². The van der Waals surface area contributed by atoms with Gasteiger partial charge < -0.3 is 10.2 Å². The molecule has 1 fully saturated rings. The van der Waals surface area contributed by atoms with Crippen molar-refractivity contribution in [1.29, 1.82) is 5.26 Å². The molecular weight excluding hydrogens is 234 g/mol. The van der Waals surface area contributed by atoms with Gasteiger partial charge in [0.15, 0.2) is 0 Å². The van der Waals surface area contributed by atoms with E-state index in [1.807, 2.05) is 12.1 Å². The van der Waals surface area contributed by atoms with Crippen molar-refractivity contribution in [2.45, 2.75) is 18.9 Å². The van der Waals surface area contributed by atoms with E-state index in [0.29, 0.717) is 16.6 Å². The largest absolute Gasteiger partial charge is 0.382 e. The highest BCUT2D eigenvalue weighted by atomic mass is 35.5. The number of rotatable bonds is 2. The number of nitrogens with one attached hydrogen (secondary N) is 1. The predicted octanol–water partition coefficient (Wildman–Crippen LogP) is 2.72. The molecule has 1 aliphatic heterocycles. The van der Waals surface area contributed by atoms with Crippen LogP contribution in [0.5, 0.6) is 0 Å². The van der Waals surface area contributed by atoms with Crippen molar-refractivity contribution in [3.05, 3.63) is 28.8 Å². The first-order chi connectivity index (χ1) is 8.19. The summed E-state index contributed by atoms with van der Waals surface area (Å²) in [5.41, 5.74) is 1.53. The highest BCUT2D eigenvalue weighted by Gasteiger charge is 2.16. The van der Waals surface area contributed by atoms with Gasteiger partial charge in [0.1, 0.15) is 6.07 Å². The molecule has 1 aromatic rings. The molecular formula is C13H16ClN3. The summed E-state index contributed by atoms with van der Waals surface area (Å²) in [6, 6.07) is 8.09. The van der Waals surface area contributed by atoms with Crippen molar-refractivity contribution in [2.24, 2.45) is 0 Å². The molecule has 17 heavy (non-hydrogen) atoms. The summed E-state index contributed by atoms with van der Waals surface area (Å²) in [7, 11) is 2.15. The number of anilines is 1. The molecule has 0 bridgehead atoms. The monoisotopic (exact) mass is 249 g/mol. The van der Waals surface area contributed by atoms with Crippen LogP contribution in [0.15, 0.2) is 18.2 Å². The van der Waals surface area contributed by atoms with Gasteiger partial charge in [-0.05, 0) is 51.2 Å². The van der Waals surface area contributed by atoms with E-state index in [4.69, 9.17) is 16.9 Å². The Bertz CT molecular complexity index is 431. The number of likely N-dealkylation sites (tertiary alicyclic amines) is 1. The Hall–Kier alpha value is -1.24. The van der Waals surface area contributed by atoms with E-state index >= 15 is 0 Å². The molecule has 2 rings (SSSR count). The highest BCUT2D eigenvalue weighted by Crippen LogP contribution is 2.22. The Morgan fingerprint density at radius 3 is 2.71 bits per heavy atom. The van der Waals surface area contributed by atoms with E-state index in [-0.39, 0.29) is 0 Å². The number of nitriles is 1. The van der Waals surface area contributed by atoms with Gasteiger partial charge in [-0.15, -0.1) is 0 Å². The minimum Gasteiger partial charge on any atom is -0.382 e. The lowest BCUT2D eigenvalue weighted by molar-refractivity contribution is 0.264. The maximum Gasteiger partial charge on any atom is 0.101 e. The number of piperidine rings is 1. The molecule has 4 heteroatoms. The third kappa shape index (κ3) is 3.12. The van der Waals surface area contributed by atoms with Crippen molar-refractivity contribution < 1.29 is 0 Å². The number of nitrogens with zero attached hydrogens (tertiary/aromatic N) is 2. The third-order valence-electron chi connectivity index (χ3n) is 3.18. The molecule has 0 spiro atoms. The summed E-state index contributed by atoms with van der Waals surface area (Å²) in [4.78, 5) is 2.34. The van der Waals surface area contributed by atoms with Crippen molar-refractivity contribution in [3.63, 3.8) is 0 Å². The van der Waals surface area contributed by atoms with Crippen molar-refractivity contribution in [2.75, 3.05) is 25.5 Å². The van der Waals surface area contributed by atoms with Gasteiger partial charge >= 0.3 is 0 Å². The standard InChI is InChI=1S/C13H16ClN3/c1-17-6-4-11(5-7-17)16-12-3-2-10(9-15)13(14)8-12/h2-3,8,11,16H,4-7H2,1H3. The van der Waals surface area contributed by atoms with Crippen molar-refractivity contribution in [3.8, 4) is 6.07 Å². The summed E-state index contributed by atoms with van der Waals surface area (Å²) in [5.74, 6) is 0. The zero-order valence-electron chi connectivity index (χ0n) is 9.91. The molecule has 1 aromatic carbocycles. The molecule has 0 atom stereocenters. The maximum atomic E-state index is 8.80. The topological polar surface area (TPSA) is 39.1 Å². The fraction of sp³-hybridized carbons (Fsp3) is 0.462. The fourth-order valence-electron chi connectivity index (χ4n) is 2.08. The lowest BCUT2D eigenvalue weighted by atomic mass is 10.1. The van der Waals surface area contributed by atoms with Gasteiger partial charge in [0.25, 0.3) is 0 Å². The molecule has 90 valence electrons. The summed E-state index contributed by atoms with van der Waals surface area (Å²) in [5, 5.41) is 12.8. The fourth-order valence-corrected chi connectivity index (χ4v) is 2.31. The van der Waals surface area contributed by atoms with Gasteiger partial charge in [-0.3, -0.25) is 0 Å². The third-order valence-corrected chi connectivity index (χ3v) is 3.49. The molecule has 0 amide bonds. The van der Waals surface area contributed by atoms with Crippen LogP contribution in [0.2, 0.25) is 5.02 Å². The van der Waals surface area contributed by atoms with Gasteiger partial charge in [0.05, 0.1) is 10.6 Å². The van der Waals surface area contributed by atoms with Crippen LogP contribution < -0.4 is 5.32 Å². The second-order valence-electron chi connectivity index (χ2n) is 4.53. The molecule has 1 aliphatic rings. The van der Waals surface area contributed by atoms with Gasteiger partial charge in [-0.1, -0.05) is 11.6 Å². The maximum absolute atomic E-state index is 8.80. The van der Waals surface area contributed by atoms with E-state index in [9.17, 15) is 0 Å². The molecule has 0 unspecified atom stereocenters. The molecule has 0 radical (unpaired) electrons. The minimum atomic E-state index is 0.509. The average molecular weight is 250 g/mol. The summed E-state index contributed by atoms with van der Waals surface area (Å²) < 4.78 is 0. The van der Waals surface area contributed by atoms with Gasteiger partial charge in [-0.25, -0.2) is 0 Å². The highest BCUT2D eigenvalue weighted by molar-refractivity contribution is 6.32. The predicted molar refractivity (Wildman–Crippen MR) is 70.3 cm³/mol. The number of hydrogen-bond acceptors (Lipinski definition) is 3. The number of hydrogen-bond donors (Lipinski definition) is 1. The number of benzene rings is 1. The summed E-state index contributed by atoms with van der Waals surface area (Å²) in [6.45, 7) is 2.25. The van der Waals surface area contributed by atoms with E-state index in [1.165, 1.54) is 0 Å². The first-order valence-electron chi connectivity index (χ1n) is 5.84. The van der Waals surface area contributed by atoms with E-state index in [1.54, 1.807) is 6.07 Å². The zero-order chi connectivity index (χ0) is 12.3. The van der Waals surface area contributed by atoms with E-state index in [0.717, 1.165) is 31.6 Å². The summed E-state index contributed by atoms with van der Waals surface area (Å²) in [6.07, 6.45) is 2.29. The molecule has 1 saturated heterocycles. The molecule has 3 nitrogen and oxygen atoms in total. The van der Waals surface area contributed by atoms with Gasteiger partial charge in [0, 0.05) is 11.7 Å². The quantitative estimate of drug-likeness (QED) is 0.876. The Labute approximate surface area is 107 Å². The average Bonchev–Trinajstić information content (AvgIpc) is 2.32. The van der Waals surface area contributed by atoms with Crippen LogP contribution in [0, 0.1) is 11.3 Å². The first-order valence-corrected chi connectivity index (χ1v) is 6.21. The first kappa shape index (κ1) is 12.2. The van der Waals surface area contributed by atoms with Gasteiger partial charge in [-0.2, -0.15) is 5.26 Å². The second kappa shape index (κ2) is 5.39. The summed E-state index contributed by atoms with van der Waals surface area (Å²) >= 11 is 6.00. The van der Waals surface area contributed by atoms with Crippen LogP contribution in [0.4, 0.5) is 5.69 Å². The van der Waals surface area contributed by atoms with Crippen molar-refractivity contribution >= 4 is 17.3 Å². The number of halogens is 1. The lowest BCUT2D eigenvalue weighted by Gasteiger charge is -2.30. The van der Waals surface area contributed by atoms with Crippen LogP contribution in [0.25, 0.3) is 0 Å². The molecule has 0 aromatic heterocycles. The normalized spacial score (nSPS) is 17.7. The molecule has 1 N–H and O–H groups in total. The Morgan fingerprint density at radius 1 is 1.41 bits per heavy atom. The Balaban J connectivity index is 2.00. The van der Waals surface area contributed by atoms with Crippen LogP contribution in [-0.4, -0.2) is 31.1 Å². The Kier molecular flexibility index (Phi) is 3.88. The molecule has 1 heterocycles. The smallest absolute Gasteiger partial charge is 0.101 e. The van der Waals surface area contributed by atoms with E-state index in [2.05, 4.69) is 23.3 Å². The van der Waals surface area contributed by atoms with Crippen LogP contribution in [-0.2, 0) is 0 Å². The van der Waals surface area contributed by atoms with Crippen LogP contribution in [0.3, 0.4) is 0 Å². The zero-order valence-corrected chi connectivity index (χ0v) is 10.7. The van der Waals surface area contributed by atoms with E-state index < -0.39 is 0 Å². The van der Waals surface area contributed by atoms with Gasteiger partial charge in [0.2, 0.25) is 0 Å². The van der Waals surface area contributed by atoms with Crippen LogP contribution >= 0.6 is 11.6 Å². The molecule has 0 aliphatic carbocycles. The Morgan fingerprint density at radius 2 is 2.12 bits per heavy atom. The second-order valence-corrected chi connectivity index (χ2v) is 4.94. The lowest BCUT2D eigenvalue weighted by Crippen LogP contribution is -2.36. The minimum absolute atomic E-state index is 0.509. The SMILES string of the molecule is CN1CCC(Nc2ccc(C#N)c(Cl)c2)CC1. The molecule has 0 saturated carbocycles.